The van der Waals surface area contributed by atoms with Crippen molar-refractivity contribution >= 4 is 0 Å². The zero-order valence-electron chi connectivity index (χ0n) is 9.72. The summed E-state index contributed by atoms with van der Waals surface area (Å²) in [5, 5.41) is 9.17. The van der Waals surface area contributed by atoms with Gasteiger partial charge in [-0.05, 0) is 43.7 Å². The molecular weight excluding hydrogens is 202 g/mol. The number of hydrogen-bond acceptors (Lipinski definition) is 3. The molecule has 1 heterocycles. The first-order chi connectivity index (χ1) is 7.79. The van der Waals surface area contributed by atoms with Crippen LogP contribution in [0.15, 0.2) is 18.3 Å². The van der Waals surface area contributed by atoms with Gasteiger partial charge in [0.2, 0.25) is 5.88 Å². The summed E-state index contributed by atoms with van der Waals surface area (Å²) >= 11 is 0. The van der Waals surface area contributed by atoms with Gasteiger partial charge < -0.3 is 9.84 Å². The molecule has 1 aromatic rings. The molecule has 0 saturated heterocycles. The maximum absolute atomic E-state index is 9.17. The summed E-state index contributed by atoms with van der Waals surface area (Å²) in [6.45, 7) is 2.28. The largest absolute Gasteiger partial charge is 0.474 e. The van der Waals surface area contributed by atoms with Crippen molar-refractivity contribution < 1.29 is 9.84 Å². The zero-order chi connectivity index (χ0) is 11.4. The molecule has 0 bridgehead atoms. The molecule has 1 saturated carbocycles. The van der Waals surface area contributed by atoms with Crippen molar-refractivity contribution in [2.45, 2.75) is 45.3 Å². The molecular formula is C13H19NO2. The Morgan fingerprint density at radius 3 is 2.81 bits per heavy atom. The van der Waals surface area contributed by atoms with Crippen molar-refractivity contribution in [3.63, 3.8) is 0 Å². The predicted molar refractivity (Wildman–Crippen MR) is 62.2 cm³/mol. The lowest BCUT2D eigenvalue weighted by Gasteiger charge is -2.26. The molecule has 2 rings (SSSR count). The van der Waals surface area contributed by atoms with Gasteiger partial charge in [0.1, 0.15) is 6.10 Å². The maximum Gasteiger partial charge on any atom is 0.219 e. The number of aromatic nitrogens is 1. The first-order valence-electron chi connectivity index (χ1n) is 6.01. The summed E-state index contributed by atoms with van der Waals surface area (Å²) in [5.74, 6) is 1.42. The summed E-state index contributed by atoms with van der Waals surface area (Å²) in [6, 6.07) is 3.68. The molecule has 16 heavy (non-hydrogen) atoms. The van der Waals surface area contributed by atoms with Gasteiger partial charge in [-0.25, -0.2) is 4.98 Å². The summed E-state index contributed by atoms with van der Waals surface area (Å²) in [5.41, 5.74) is 0.779. The van der Waals surface area contributed by atoms with Gasteiger partial charge in [0, 0.05) is 11.8 Å². The van der Waals surface area contributed by atoms with Gasteiger partial charge in [0.15, 0.2) is 0 Å². The van der Waals surface area contributed by atoms with Crippen LogP contribution in [-0.4, -0.2) is 16.2 Å². The molecule has 1 N–H and O–H groups in total. The van der Waals surface area contributed by atoms with Crippen LogP contribution < -0.4 is 4.74 Å². The molecule has 1 aliphatic carbocycles. The first-order valence-corrected chi connectivity index (χ1v) is 6.01. The van der Waals surface area contributed by atoms with E-state index in [1.807, 2.05) is 12.1 Å². The fourth-order valence-electron chi connectivity index (χ4n) is 2.16. The molecule has 0 aliphatic heterocycles. The Kier molecular flexibility index (Phi) is 3.78. The molecule has 0 radical (unpaired) electrons. The van der Waals surface area contributed by atoms with Gasteiger partial charge in [-0.3, -0.25) is 0 Å². The van der Waals surface area contributed by atoms with Crippen LogP contribution in [0, 0.1) is 5.92 Å². The number of ether oxygens (including phenoxy) is 1. The lowest BCUT2D eigenvalue weighted by atomic mass is 9.89. The van der Waals surface area contributed by atoms with Crippen molar-refractivity contribution in [1.82, 2.24) is 4.98 Å². The van der Waals surface area contributed by atoms with E-state index in [-0.39, 0.29) is 12.7 Å². The standard InChI is InChI=1S/C13H19NO2/c1-10-4-6-12(7-5-10)16-13-11(9-15)3-2-8-14-13/h2-3,8,10,12,15H,4-7,9H2,1H3. The van der Waals surface area contributed by atoms with E-state index in [2.05, 4.69) is 11.9 Å². The van der Waals surface area contributed by atoms with E-state index in [0.29, 0.717) is 5.88 Å². The number of pyridine rings is 1. The average molecular weight is 221 g/mol. The quantitative estimate of drug-likeness (QED) is 0.852. The van der Waals surface area contributed by atoms with Crippen molar-refractivity contribution in [2.24, 2.45) is 5.92 Å². The molecule has 3 heteroatoms. The minimum atomic E-state index is -0.00764. The Bertz CT molecular complexity index is 332. The fraction of sp³-hybridized carbons (Fsp3) is 0.615. The van der Waals surface area contributed by atoms with Crippen LogP contribution in [0.5, 0.6) is 5.88 Å². The van der Waals surface area contributed by atoms with Gasteiger partial charge in [-0.1, -0.05) is 6.92 Å². The second kappa shape index (κ2) is 5.30. The van der Waals surface area contributed by atoms with E-state index in [1.54, 1.807) is 6.20 Å². The van der Waals surface area contributed by atoms with Crippen LogP contribution in [0.2, 0.25) is 0 Å². The summed E-state index contributed by atoms with van der Waals surface area (Å²) in [4.78, 5) is 4.18. The maximum atomic E-state index is 9.17. The predicted octanol–water partition coefficient (Wildman–Crippen LogP) is 2.53. The van der Waals surface area contributed by atoms with Crippen LogP contribution in [0.25, 0.3) is 0 Å². The summed E-state index contributed by atoms with van der Waals surface area (Å²) in [7, 11) is 0. The summed E-state index contributed by atoms with van der Waals surface area (Å²) < 4.78 is 5.85. The van der Waals surface area contributed by atoms with Gasteiger partial charge in [0.25, 0.3) is 0 Å². The molecule has 1 aromatic heterocycles. The number of nitrogens with zero attached hydrogens (tertiary/aromatic N) is 1. The Balaban J connectivity index is 1.98. The second-order valence-electron chi connectivity index (χ2n) is 4.63. The highest BCUT2D eigenvalue weighted by atomic mass is 16.5. The van der Waals surface area contributed by atoms with Crippen LogP contribution in [0.1, 0.15) is 38.2 Å². The Hall–Kier alpha value is -1.09. The zero-order valence-corrected chi connectivity index (χ0v) is 9.72. The van der Waals surface area contributed by atoms with Crippen molar-refractivity contribution in [3.8, 4) is 5.88 Å². The lowest BCUT2D eigenvalue weighted by Crippen LogP contribution is -2.23. The molecule has 1 fully saturated rings. The van der Waals surface area contributed by atoms with Gasteiger partial charge in [-0.2, -0.15) is 0 Å². The molecule has 0 atom stereocenters. The molecule has 0 amide bonds. The average Bonchev–Trinajstić information content (AvgIpc) is 2.33. The number of hydrogen-bond donors (Lipinski definition) is 1. The van der Waals surface area contributed by atoms with Crippen LogP contribution >= 0.6 is 0 Å². The molecule has 0 unspecified atom stereocenters. The van der Waals surface area contributed by atoms with Crippen LogP contribution in [0.4, 0.5) is 0 Å². The van der Waals surface area contributed by atoms with E-state index in [4.69, 9.17) is 9.84 Å². The normalized spacial score (nSPS) is 25.4. The summed E-state index contributed by atoms with van der Waals surface area (Å²) in [6.07, 6.45) is 6.64. The topological polar surface area (TPSA) is 42.4 Å². The van der Waals surface area contributed by atoms with Crippen molar-refractivity contribution in [1.29, 1.82) is 0 Å². The van der Waals surface area contributed by atoms with E-state index in [1.165, 1.54) is 12.8 Å². The Morgan fingerprint density at radius 1 is 1.38 bits per heavy atom. The molecule has 1 aliphatic rings. The highest BCUT2D eigenvalue weighted by molar-refractivity contribution is 5.24. The lowest BCUT2D eigenvalue weighted by molar-refractivity contribution is 0.126. The van der Waals surface area contributed by atoms with Gasteiger partial charge >= 0.3 is 0 Å². The van der Waals surface area contributed by atoms with Crippen LogP contribution in [-0.2, 0) is 6.61 Å². The van der Waals surface area contributed by atoms with Crippen molar-refractivity contribution in [2.75, 3.05) is 0 Å². The molecule has 88 valence electrons. The number of rotatable bonds is 3. The van der Waals surface area contributed by atoms with Gasteiger partial charge in [0.05, 0.1) is 6.61 Å². The minimum absolute atomic E-state index is 0.00764. The monoisotopic (exact) mass is 221 g/mol. The van der Waals surface area contributed by atoms with E-state index in [9.17, 15) is 0 Å². The van der Waals surface area contributed by atoms with E-state index >= 15 is 0 Å². The SMILES string of the molecule is CC1CCC(Oc2ncccc2CO)CC1. The van der Waals surface area contributed by atoms with Crippen LogP contribution in [0.3, 0.4) is 0 Å². The molecule has 0 spiro atoms. The van der Waals surface area contributed by atoms with E-state index in [0.717, 1.165) is 24.3 Å². The molecule has 0 aromatic carbocycles. The first kappa shape index (κ1) is 11.4. The van der Waals surface area contributed by atoms with Gasteiger partial charge in [-0.15, -0.1) is 0 Å². The Morgan fingerprint density at radius 2 is 2.12 bits per heavy atom. The highest BCUT2D eigenvalue weighted by Gasteiger charge is 2.20. The van der Waals surface area contributed by atoms with E-state index < -0.39 is 0 Å². The smallest absolute Gasteiger partial charge is 0.219 e. The third-order valence-corrected chi connectivity index (χ3v) is 3.26. The second-order valence-corrected chi connectivity index (χ2v) is 4.63. The molecule has 3 nitrogen and oxygen atoms in total. The number of aliphatic hydroxyl groups excluding tert-OH is 1. The van der Waals surface area contributed by atoms with Crippen molar-refractivity contribution in [3.05, 3.63) is 23.9 Å². The fourth-order valence-corrected chi connectivity index (χ4v) is 2.16. The third-order valence-electron chi connectivity index (χ3n) is 3.26. The highest BCUT2D eigenvalue weighted by Crippen LogP contribution is 2.27. The minimum Gasteiger partial charge on any atom is -0.474 e. The third kappa shape index (κ3) is 2.73. The Labute approximate surface area is 96.5 Å². The number of aliphatic hydroxyl groups is 1.